The van der Waals surface area contributed by atoms with Crippen molar-refractivity contribution in [2.75, 3.05) is 18.8 Å². The molecule has 2 aliphatic rings. The van der Waals surface area contributed by atoms with Crippen LogP contribution in [-0.2, 0) is 80.0 Å². The molecule has 0 aliphatic carbocycles. The van der Waals surface area contributed by atoms with E-state index in [1.807, 2.05) is 13.8 Å². The third-order valence-corrected chi connectivity index (χ3v) is 18.5. The summed E-state index contributed by atoms with van der Waals surface area (Å²) in [6.07, 6.45) is 0.0703. The van der Waals surface area contributed by atoms with Crippen LogP contribution in [0.3, 0.4) is 0 Å². The number of aliphatic imine (C=N–C) groups is 1. The van der Waals surface area contributed by atoms with Crippen molar-refractivity contribution in [1.29, 1.82) is 0 Å². The molecular weight excluding hydrogens is 1320 g/mol. The minimum Gasteiger partial charge on any atom is -0.481 e. The van der Waals surface area contributed by atoms with E-state index in [1.165, 1.54) is 24.3 Å². The number of H-pyrrole nitrogens is 1. The molecule has 0 bridgehead atoms. The summed E-state index contributed by atoms with van der Waals surface area (Å²) in [5.74, 6) is -15.5. The van der Waals surface area contributed by atoms with Gasteiger partial charge in [0.05, 0.1) is 30.3 Å². The van der Waals surface area contributed by atoms with Gasteiger partial charge in [-0.25, -0.2) is 4.98 Å². The molecule has 100 heavy (non-hydrogen) atoms. The number of hydrogen-bond donors (Lipinski definition) is 17. The standard InChI is InChI=1S/C66H101N17O16S/c1-9-35(6)52(69)66-81-48(32-100-66)63(97)76-43(26-34(4)5)59(93)74-42(22-23-50(85)86)58(92)83-53(36(7)10-2)64(98)75-40-20-15-16-25-71-55(89)46(29-49(68)84)78-62(96)47(30-51(87)88)79-61(95)45(28-39-31-70-33-72-39)77-60(94)44(27-38-18-13-12-14-19-38)80-65(99)54(37(8)11-3)82-57(91)41(21-17-24-67)73-56(40)90/h12-14,18-19,31,33,35-37,40-48,52-54H,4,9-11,15-17,20-30,32,67,69H2,1-3,5-8H3,(H2,68,84)(H,70,72)(H,71,89)(H,73,90)(H,74,93)(H,75,98)(H,76,97)(H,77,94)(H,78,96)(H,79,95)(H,80,99)(H,82,91)(H,83,92)(H,85,86)(H,87,88)/t35-,36-,37-,40-,41+,42+,43-,44+,45-,46-,47+,48-,52-,53-,54-/m0/s1. The number of amides is 12. The zero-order valence-electron chi connectivity index (χ0n) is 57.8. The average molecular weight is 1420 g/mol. The Kier molecular flexibility index (Phi) is 34.9. The van der Waals surface area contributed by atoms with E-state index in [0.29, 0.717) is 21.9 Å². The fraction of sp³-hybridized carbons (Fsp3) is 0.606. The van der Waals surface area contributed by atoms with Crippen LogP contribution < -0.4 is 75.7 Å². The Morgan fingerprint density at radius 2 is 1.29 bits per heavy atom. The molecule has 4 rings (SSSR count). The third kappa shape index (κ3) is 27.4. The molecule has 2 aliphatic heterocycles. The SMILES string of the molecule is C=C(C)C[C@H](NC(=O)[C@@H]1CSC([C@@H](N)[C@@H](C)CC)=N1)C(=O)N[C@H](CCC(=O)O)C(=O)N[C@H](C(=O)N[C@H]1CCCCNC(=O)[C@H](CC(N)=O)NC(=O)[C@@H](CC(=O)O)NC(=O)[C@H](Cc2cnc[nH]2)NC(=O)[C@@H](Cc2ccccc2)NC(=O)[C@H]([C@@H](C)CC)NC(=O)[C@@H](CCCN)NC1=O)[C@@H](C)CC. The maximum atomic E-state index is 14.9. The smallest absolute Gasteiger partial charge is 0.305 e. The number of nitrogens with zero attached hydrogens (tertiary/aromatic N) is 2. The largest absolute Gasteiger partial charge is 0.481 e. The van der Waals surface area contributed by atoms with Gasteiger partial charge in [-0.15, -0.1) is 18.3 Å². The highest BCUT2D eigenvalue weighted by molar-refractivity contribution is 8.14. The summed E-state index contributed by atoms with van der Waals surface area (Å²) in [6, 6.07) is -8.57. The Morgan fingerprint density at radius 3 is 1.88 bits per heavy atom. The summed E-state index contributed by atoms with van der Waals surface area (Å²) >= 11 is 1.33. The molecule has 0 spiro atoms. The van der Waals surface area contributed by atoms with Crippen molar-refractivity contribution < 1.29 is 77.3 Å². The molecule has 34 heteroatoms. The number of primary amides is 1. The van der Waals surface area contributed by atoms with Gasteiger partial charge >= 0.3 is 11.9 Å². The van der Waals surface area contributed by atoms with Crippen LogP contribution in [0, 0.1) is 17.8 Å². The molecular formula is C66H101N17O16S. The number of aromatic nitrogens is 2. The summed E-state index contributed by atoms with van der Waals surface area (Å²) in [4.78, 5) is 206. The molecule has 1 aromatic heterocycles. The Balaban J connectivity index is 1.77. The van der Waals surface area contributed by atoms with Crippen LogP contribution in [-0.4, -0.2) is 199 Å². The van der Waals surface area contributed by atoms with Crippen LogP contribution in [0.4, 0.5) is 0 Å². The van der Waals surface area contributed by atoms with Crippen LogP contribution in [0.25, 0.3) is 0 Å². The second-order valence-electron chi connectivity index (χ2n) is 25.5. The number of carbonyl (C=O) groups excluding carboxylic acids is 12. The van der Waals surface area contributed by atoms with Crippen molar-refractivity contribution in [1.82, 2.24) is 68.5 Å². The lowest BCUT2D eigenvalue weighted by Crippen LogP contribution is -2.62. The number of carboxylic acid groups (broad SMARTS) is 2. The van der Waals surface area contributed by atoms with Crippen LogP contribution in [0.2, 0.25) is 0 Å². The topological polar surface area (TPSA) is 531 Å². The van der Waals surface area contributed by atoms with Gasteiger partial charge in [0.1, 0.15) is 66.5 Å². The van der Waals surface area contributed by atoms with E-state index in [2.05, 4.69) is 80.0 Å². The number of nitrogens with one attached hydrogen (secondary N) is 12. The number of rotatable bonds is 31. The van der Waals surface area contributed by atoms with E-state index in [9.17, 15) is 77.3 Å². The van der Waals surface area contributed by atoms with Gasteiger partial charge in [-0.05, 0) is 81.7 Å². The lowest BCUT2D eigenvalue weighted by Gasteiger charge is -2.30. The predicted molar refractivity (Wildman–Crippen MR) is 369 cm³/mol. The molecule has 552 valence electrons. The molecule has 0 radical (unpaired) electrons. The van der Waals surface area contributed by atoms with Crippen LogP contribution >= 0.6 is 11.8 Å². The van der Waals surface area contributed by atoms with Gasteiger partial charge in [0, 0.05) is 43.5 Å². The van der Waals surface area contributed by atoms with Gasteiger partial charge in [-0.3, -0.25) is 72.1 Å². The van der Waals surface area contributed by atoms with Crippen molar-refractivity contribution in [2.24, 2.45) is 39.9 Å². The van der Waals surface area contributed by atoms with E-state index in [1.54, 1.807) is 65.0 Å². The zero-order chi connectivity index (χ0) is 74.3. The number of carboxylic acids is 2. The van der Waals surface area contributed by atoms with Crippen molar-refractivity contribution in [3.63, 3.8) is 0 Å². The number of imidazole rings is 1. The highest BCUT2D eigenvalue weighted by Gasteiger charge is 2.40. The summed E-state index contributed by atoms with van der Waals surface area (Å²) in [5, 5.41) is 48.9. The minimum absolute atomic E-state index is 0.00497. The number of aromatic amines is 1. The molecule has 1 saturated heterocycles. The number of carbonyl (C=O) groups is 14. The summed E-state index contributed by atoms with van der Waals surface area (Å²) < 4.78 is 0. The number of thioether (sulfide) groups is 1. The molecule has 12 amide bonds. The fourth-order valence-electron chi connectivity index (χ4n) is 10.7. The average Bonchev–Trinajstić information content (AvgIpc) is 1.14. The lowest BCUT2D eigenvalue weighted by atomic mass is 9.96. The monoisotopic (exact) mass is 1420 g/mol. The molecule has 20 N–H and O–H groups in total. The highest BCUT2D eigenvalue weighted by atomic mass is 32.2. The maximum absolute atomic E-state index is 14.9. The molecule has 1 fully saturated rings. The predicted octanol–water partition coefficient (Wildman–Crippen LogP) is -1.76. The van der Waals surface area contributed by atoms with Gasteiger partial charge < -0.3 is 90.9 Å². The quantitative estimate of drug-likeness (QED) is 0.0372. The fourth-order valence-corrected chi connectivity index (χ4v) is 11.9. The van der Waals surface area contributed by atoms with E-state index in [4.69, 9.17) is 17.2 Å². The van der Waals surface area contributed by atoms with E-state index in [-0.39, 0.29) is 89.0 Å². The van der Waals surface area contributed by atoms with E-state index < -0.39 is 193 Å². The van der Waals surface area contributed by atoms with E-state index in [0.717, 1.165) is 6.42 Å². The zero-order valence-corrected chi connectivity index (χ0v) is 58.6. The number of aliphatic carboxylic acids is 2. The van der Waals surface area contributed by atoms with Crippen molar-refractivity contribution >= 4 is 99.6 Å². The maximum Gasteiger partial charge on any atom is 0.305 e. The van der Waals surface area contributed by atoms with Gasteiger partial charge in [0.15, 0.2) is 0 Å². The third-order valence-electron chi connectivity index (χ3n) is 17.3. The van der Waals surface area contributed by atoms with Crippen molar-refractivity contribution in [3.8, 4) is 0 Å². The molecule has 33 nitrogen and oxygen atoms in total. The Labute approximate surface area is 585 Å². The first-order chi connectivity index (χ1) is 47.4. The molecule has 15 atom stereocenters. The van der Waals surface area contributed by atoms with E-state index >= 15 is 0 Å². The Morgan fingerprint density at radius 1 is 0.690 bits per heavy atom. The second kappa shape index (κ2) is 41.9. The molecule has 1 aromatic carbocycles. The highest BCUT2D eigenvalue weighted by Crippen LogP contribution is 2.25. The van der Waals surface area contributed by atoms with Crippen LogP contribution in [0.5, 0.6) is 0 Å². The second-order valence-corrected chi connectivity index (χ2v) is 26.5. The number of benzene rings is 1. The molecule has 2 aromatic rings. The first kappa shape index (κ1) is 83.1. The first-order valence-electron chi connectivity index (χ1n) is 33.7. The number of hydrogen-bond acceptors (Lipinski definition) is 19. The summed E-state index contributed by atoms with van der Waals surface area (Å²) in [5.41, 5.74) is 19.1. The lowest BCUT2D eigenvalue weighted by molar-refractivity contribution is -0.142. The van der Waals surface area contributed by atoms with Crippen LogP contribution in [0.15, 0.2) is 60.0 Å². The van der Waals surface area contributed by atoms with Crippen molar-refractivity contribution in [2.45, 2.75) is 217 Å². The van der Waals surface area contributed by atoms with Gasteiger partial charge in [0.2, 0.25) is 70.9 Å². The van der Waals surface area contributed by atoms with Crippen LogP contribution in [0.1, 0.15) is 143 Å². The van der Waals surface area contributed by atoms with Crippen molar-refractivity contribution in [3.05, 3.63) is 66.3 Å². The summed E-state index contributed by atoms with van der Waals surface area (Å²) in [7, 11) is 0. The molecule has 0 saturated carbocycles. The molecule has 3 heterocycles. The normalized spacial score (nSPS) is 23.1. The van der Waals surface area contributed by atoms with Gasteiger partial charge in [-0.2, -0.15) is 0 Å². The minimum atomic E-state index is -1.95. The molecule has 0 unspecified atom stereocenters. The summed E-state index contributed by atoms with van der Waals surface area (Å²) in [6.45, 7) is 15.9. The van der Waals surface area contributed by atoms with Gasteiger partial charge in [-0.1, -0.05) is 96.7 Å². The first-order valence-corrected chi connectivity index (χ1v) is 34.7. The Bertz CT molecular complexity index is 3210. The number of nitrogens with two attached hydrogens (primary N) is 3. The Hall–Kier alpha value is -9.31. The van der Waals surface area contributed by atoms with Gasteiger partial charge in [0.25, 0.3) is 0 Å².